The van der Waals surface area contributed by atoms with E-state index in [0.29, 0.717) is 55.6 Å². The minimum Gasteiger partial charge on any atom is -0.507 e. The van der Waals surface area contributed by atoms with E-state index in [1.807, 2.05) is 24.3 Å². The maximum Gasteiger partial charge on any atom is 0.254 e. The molecule has 3 aromatic carbocycles. The predicted octanol–water partition coefficient (Wildman–Crippen LogP) is 3.38. The Hall–Kier alpha value is -4.13. The molecule has 1 heterocycles. The number of nitrogens with one attached hydrogen (secondary N) is 2. The first-order chi connectivity index (χ1) is 17.0. The molecule has 0 saturated carbocycles. The first kappa shape index (κ1) is 24.0. The van der Waals surface area contributed by atoms with E-state index < -0.39 is 0 Å². The van der Waals surface area contributed by atoms with Crippen LogP contribution in [0.3, 0.4) is 0 Å². The monoisotopic (exact) mass is 471 g/mol. The molecule has 0 unspecified atom stereocenters. The van der Waals surface area contributed by atoms with Crippen molar-refractivity contribution in [3.63, 3.8) is 0 Å². The van der Waals surface area contributed by atoms with Gasteiger partial charge in [-0.15, -0.1) is 0 Å². The minimum absolute atomic E-state index is 0.0362. The molecule has 0 spiro atoms. The third-order valence-electron chi connectivity index (χ3n) is 6.02. The number of fused-ring (bicyclic) bond motifs is 5. The second-order valence-electron chi connectivity index (χ2n) is 8.59. The van der Waals surface area contributed by atoms with Gasteiger partial charge in [0.15, 0.2) is 0 Å². The smallest absolute Gasteiger partial charge is 0.254 e. The van der Waals surface area contributed by atoms with Crippen LogP contribution in [0.1, 0.15) is 39.1 Å². The number of carbonyl (C=O) groups excluding carboxylic acids is 3. The molecular formula is C28H29N3O4. The molecule has 3 aromatic rings. The number of hydrogen-bond acceptors (Lipinski definition) is 4. The SMILES string of the molecule is O=C1CN(C(=O)c2ccccc2)CCCCNC(=O)c2cccc(c2)-c2cc(ccc2O)CCN1. The van der Waals surface area contributed by atoms with E-state index in [0.717, 1.165) is 11.1 Å². The average molecular weight is 472 g/mol. The normalized spacial score (nSPS) is 15.4. The fourth-order valence-corrected chi connectivity index (χ4v) is 4.12. The lowest BCUT2D eigenvalue weighted by Crippen LogP contribution is -2.42. The van der Waals surface area contributed by atoms with Crippen LogP contribution < -0.4 is 10.6 Å². The van der Waals surface area contributed by atoms with Crippen molar-refractivity contribution in [1.29, 1.82) is 0 Å². The van der Waals surface area contributed by atoms with Crippen LogP contribution in [0.4, 0.5) is 0 Å². The van der Waals surface area contributed by atoms with Gasteiger partial charge in [0.1, 0.15) is 5.75 Å². The molecule has 7 nitrogen and oxygen atoms in total. The zero-order valence-electron chi connectivity index (χ0n) is 19.5. The first-order valence-electron chi connectivity index (χ1n) is 11.8. The standard InChI is InChI=1S/C28H29N3O4/c32-25-12-11-20-13-15-29-26(33)19-31(28(35)21-7-2-1-3-8-21)16-5-4-14-30-27(34)23-10-6-9-22(18-23)24(25)17-20/h1-3,6-12,17-18,32H,4-5,13-16,19H2,(H,29,33)(H,30,34). The molecule has 0 atom stereocenters. The minimum atomic E-state index is -0.226. The summed E-state index contributed by atoms with van der Waals surface area (Å²) in [6.45, 7) is 1.22. The molecule has 0 aromatic heterocycles. The summed E-state index contributed by atoms with van der Waals surface area (Å²) in [4.78, 5) is 39.9. The number of aromatic hydroxyl groups is 1. The van der Waals surface area contributed by atoms with E-state index in [1.165, 1.54) is 0 Å². The van der Waals surface area contributed by atoms with Crippen molar-refractivity contribution in [1.82, 2.24) is 15.5 Å². The molecule has 3 amide bonds. The van der Waals surface area contributed by atoms with Gasteiger partial charge in [0.2, 0.25) is 5.91 Å². The molecule has 4 bridgehead atoms. The third-order valence-corrected chi connectivity index (χ3v) is 6.02. The third kappa shape index (κ3) is 6.26. The number of phenols is 1. The molecule has 0 fully saturated rings. The van der Waals surface area contributed by atoms with E-state index >= 15 is 0 Å². The van der Waals surface area contributed by atoms with Crippen molar-refractivity contribution >= 4 is 17.7 Å². The topological polar surface area (TPSA) is 98.7 Å². The zero-order chi connectivity index (χ0) is 24.6. The van der Waals surface area contributed by atoms with Gasteiger partial charge < -0.3 is 20.6 Å². The molecule has 4 rings (SSSR count). The predicted molar refractivity (Wildman–Crippen MR) is 134 cm³/mol. The second-order valence-corrected chi connectivity index (χ2v) is 8.59. The summed E-state index contributed by atoms with van der Waals surface area (Å²) in [5.41, 5.74) is 3.36. The number of carbonyl (C=O) groups is 3. The van der Waals surface area contributed by atoms with Gasteiger partial charge in [0, 0.05) is 36.3 Å². The molecule has 180 valence electrons. The van der Waals surface area contributed by atoms with Crippen molar-refractivity contribution < 1.29 is 19.5 Å². The summed E-state index contributed by atoms with van der Waals surface area (Å²) < 4.78 is 0. The van der Waals surface area contributed by atoms with Gasteiger partial charge in [-0.05, 0) is 66.8 Å². The lowest BCUT2D eigenvalue weighted by atomic mass is 9.98. The van der Waals surface area contributed by atoms with Crippen molar-refractivity contribution in [3.8, 4) is 16.9 Å². The van der Waals surface area contributed by atoms with Crippen LogP contribution in [0.2, 0.25) is 0 Å². The molecule has 1 aliphatic rings. The molecule has 35 heavy (non-hydrogen) atoms. The number of nitrogens with zero attached hydrogens (tertiary/aromatic N) is 1. The first-order valence-corrected chi connectivity index (χ1v) is 11.8. The molecule has 0 aliphatic carbocycles. The Labute approximate surface area is 204 Å². The van der Waals surface area contributed by atoms with Crippen LogP contribution in [0.5, 0.6) is 5.75 Å². The van der Waals surface area contributed by atoms with Gasteiger partial charge in [-0.1, -0.05) is 36.4 Å². The number of hydrogen-bond donors (Lipinski definition) is 3. The van der Waals surface area contributed by atoms with Crippen LogP contribution in [-0.4, -0.2) is 53.9 Å². The van der Waals surface area contributed by atoms with Gasteiger partial charge in [-0.3, -0.25) is 14.4 Å². The highest BCUT2D eigenvalue weighted by molar-refractivity contribution is 5.97. The van der Waals surface area contributed by atoms with Crippen LogP contribution in [-0.2, 0) is 11.2 Å². The number of amides is 3. The van der Waals surface area contributed by atoms with E-state index in [4.69, 9.17) is 0 Å². The van der Waals surface area contributed by atoms with Gasteiger partial charge in [-0.25, -0.2) is 0 Å². The van der Waals surface area contributed by atoms with Gasteiger partial charge >= 0.3 is 0 Å². The molecule has 3 N–H and O–H groups in total. The summed E-state index contributed by atoms with van der Waals surface area (Å²) in [6.07, 6.45) is 1.87. The molecule has 1 aliphatic heterocycles. The van der Waals surface area contributed by atoms with E-state index in [2.05, 4.69) is 10.6 Å². The molecule has 0 saturated heterocycles. The van der Waals surface area contributed by atoms with E-state index in [9.17, 15) is 19.5 Å². The highest BCUT2D eigenvalue weighted by atomic mass is 16.3. The van der Waals surface area contributed by atoms with Gasteiger partial charge in [-0.2, -0.15) is 0 Å². The van der Waals surface area contributed by atoms with Crippen LogP contribution in [0.15, 0.2) is 72.8 Å². The van der Waals surface area contributed by atoms with Gasteiger partial charge in [0.25, 0.3) is 11.8 Å². The van der Waals surface area contributed by atoms with Crippen molar-refractivity contribution in [2.24, 2.45) is 0 Å². The fourth-order valence-electron chi connectivity index (χ4n) is 4.12. The van der Waals surface area contributed by atoms with Crippen LogP contribution >= 0.6 is 0 Å². The highest BCUT2D eigenvalue weighted by Crippen LogP contribution is 2.30. The lowest BCUT2D eigenvalue weighted by Gasteiger charge is -2.22. The number of phenolic OH excluding ortho intramolecular Hbond substituents is 1. The van der Waals surface area contributed by atoms with Crippen molar-refractivity contribution in [2.45, 2.75) is 19.3 Å². The van der Waals surface area contributed by atoms with Crippen molar-refractivity contribution in [2.75, 3.05) is 26.2 Å². The fraction of sp³-hybridized carbons (Fsp3) is 0.250. The van der Waals surface area contributed by atoms with Crippen molar-refractivity contribution in [3.05, 3.63) is 89.5 Å². The van der Waals surface area contributed by atoms with Crippen LogP contribution in [0, 0.1) is 0 Å². The quantitative estimate of drug-likeness (QED) is 0.507. The Kier molecular flexibility index (Phi) is 7.77. The molecule has 0 radical (unpaired) electrons. The van der Waals surface area contributed by atoms with E-state index in [1.54, 1.807) is 53.4 Å². The summed E-state index contributed by atoms with van der Waals surface area (Å²) >= 11 is 0. The number of rotatable bonds is 1. The highest BCUT2D eigenvalue weighted by Gasteiger charge is 2.19. The largest absolute Gasteiger partial charge is 0.507 e. The Morgan fingerprint density at radius 1 is 0.829 bits per heavy atom. The lowest BCUT2D eigenvalue weighted by molar-refractivity contribution is -0.121. The Balaban J connectivity index is 1.55. The Bertz CT molecular complexity index is 1210. The maximum absolute atomic E-state index is 13.0. The molecule has 7 heteroatoms. The Morgan fingerprint density at radius 3 is 2.46 bits per heavy atom. The summed E-state index contributed by atoms with van der Waals surface area (Å²) in [6, 6.07) is 21.4. The molecular weight excluding hydrogens is 442 g/mol. The average Bonchev–Trinajstić information content (AvgIpc) is 2.88. The number of benzene rings is 3. The summed E-state index contributed by atoms with van der Waals surface area (Å²) in [5.74, 6) is -0.491. The van der Waals surface area contributed by atoms with Crippen LogP contribution in [0.25, 0.3) is 11.1 Å². The Morgan fingerprint density at radius 2 is 1.63 bits per heavy atom. The van der Waals surface area contributed by atoms with E-state index in [-0.39, 0.29) is 30.0 Å². The zero-order valence-corrected chi connectivity index (χ0v) is 19.5. The summed E-state index contributed by atoms with van der Waals surface area (Å²) in [7, 11) is 0. The summed E-state index contributed by atoms with van der Waals surface area (Å²) in [5, 5.41) is 16.2. The maximum atomic E-state index is 13.0. The van der Waals surface area contributed by atoms with Gasteiger partial charge in [0.05, 0.1) is 6.54 Å². The second kappa shape index (κ2) is 11.3.